The molecule has 0 aliphatic carbocycles. The molecule has 2 aromatic rings. The number of hydrogen-bond donors (Lipinski definition) is 1. The predicted molar refractivity (Wildman–Crippen MR) is 83.6 cm³/mol. The van der Waals surface area contributed by atoms with E-state index in [0.717, 1.165) is 34.1 Å². The number of anilines is 1. The van der Waals surface area contributed by atoms with E-state index < -0.39 is 23.5 Å². The molecule has 4 nitrogen and oxygen atoms in total. The summed E-state index contributed by atoms with van der Waals surface area (Å²) >= 11 is 3.42. The van der Waals surface area contributed by atoms with Gasteiger partial charge in [-0.15, -0.1) is 0 Å². The topological polar surface area (TPSA) is 46.9 Å². The average molecular weight is 372 g/mol. The Kier molecular flexibility index (Phi) is 4.95. The summed E-state index contributed by atoms with van der Waals surface area (Å²) in [4.78, 5) is 12.1. The number of carbonyl (C=O) groups excluding carboxylic acids is 1. The molecule has 1 N–H and O–H groups in total. The molecule has 0 unspecified atom stereocenters. The van der Waals surface area contributed by atoms with Gasteiger partial charge in [-0.3, -0.25) is 9.48 Å². The molecule has 1 aromatic heterocycles. The Morgan fingerprint density at radius 3 is 2.68 bits per heavy atom. The molecule has 0 aliphatic heterocycles. The zero-order valence-electron chi connectivity index (χ0n) is 12.5. The summed E-state index contributed by atoms with van der Waals surface area (Å²) in [6, 6.07) is 2.94. The van der Waals surface area contributed by atoms with Crippen LogP contribution in [0.3, 0.4) is 0 Å². The first-order chi connectivity index (χ1) is 10.3. The molecule has 0 bridgehead atoms. The van der Waals surface area contributed by atoms with Crippen LogP contribution in [0.1, 0.15) is 18.3 Å². The Morgan fingerprint density at radius 2 is 2.09 bits per heavy atom. The van der Waals surface area contributed by atoms with Crippen molar-refractivity contribution in [3.8, 4) is 0 Å². The molecule has 0 aliphatic rings. The third kappa shape index (κ3) is 3.52. The fraction of sp³-hybridized carbons (Fsp3) is 0.333. The lowest BCUT2D eigenvalue weighted by Gasteiger charge is -2.14. The van der Waals surface area contributed by atoms with E-state index in [9.17, 15) is 13.6 Å². The summed E-state index contributed by atoms with van der Waals surface area (Å²) in [5, 5.41) is 6.73. The third-order valence-electron chi connectivity index (χ3n) is 3.37. The molecule has 2 rings (SSSR count). The molecule has 0 saturated heterocycles. The van der Waals surface area contributed by atoms with Crippen molar-refractivity contribution in [1.29, 1.82) is 0 Å². The molecule has 1 aromatic carbocycles. The van der Waals surface area contributed by atoms with E-state index in [0.29, 0.717) is 6.54 Å². The number of carbonyl (C=O) groups is 1. The lowest BCUT2D eigenvalue weighted by Crippen LogP contribution is -2.25. The van der Waals surface area contributed by atoms with E-state index in [1.165, 1.54) is 0 Å². The van der Waals surface area contributed by atoms with Crippen molar-refractivity contribution >= 4 is 27.5 Å². The summed E-state index contributed by atoms with van der Waals surface area (Å²) in [6.45, 7) is 5.80. The van der Waals surface area contributed by atoms with E-state index in [2.05, 4.69) is 26.3 Å². The monoisotopic (exact) mass is 371 g/mol. The highest BCUT2D eigenvalue weighted by Gasteiger charge is 2.18. The summed E-state index contributed by atoms with van der Waals surface area (Å²) in [7, 11) is 0. The van der Waals surface area contributed by atoms with Gasteiger partial charge in [0.15, 0.2) is 0 Å². The lowest BCUT2D eigenvalue weighted by atomic mass is 10.1. The summed E-state index contributed by atoms with van der Waals surface area (Å²) < 4.78 is 29.3. The molecule has 0 radical (unpaired) electrons. The van der Waals surface area contributed by atoms with E-state index in [-0.39, 0.29) is 5.69 Å². The second kappa shape index (κ2) is 6.56. The Balaban J connectivity index is 2.09. The number of aromatic nitrogens is 2. The van der Waals surface area contributed by atoms with E-state index in [4.69, 9.17) is 0 Å². The standard InChI is InChI=1S/C15H16BrF2N3O/c1-8(7-21-10(3)14(16)9(2)20-21)15(22)19-13-6-11(17)4-5-12(13)18/h4-6,8H,7H2,1-3H3,(H,19,22)/t8-/m1/s1. The van der Waals surface area contributed by atoms with Gasteiger partial charge in [0.2, 0.25) is 5.91 Å². The van der Waals surface area contributed by atoms with Gasteiger partial charge in [0, 0.05) is 11.8 Å². The normalized spacial score (nSPS) is 12.3. The van der Waals surface area contributed by atoms with Gasteiger partial charge in [-0.2, -0.15) is 5.10 Å². The zero-order valence-corrected chi connectivity index (χ0v) is 14.0. The predicted octanol–water partition coefficient (Wildman–Crippen LogP) is 3.82. The van der Waals surface area contributed by atoms with E-state index >= 15 is 0 Å². The van der Waals surface area contributed by atoms with Crippen LogP contribution >= 0.6 is 15.9 Å². The van der Waals surface area contributed by atoms with Crippen molar-refractivity contribution in [2.24, 2.45) is 5.92 Å². The van der Waals surface area contributed by atoms with Gasteiger partial charge in [-0.05, 0) is 41.9 Å². The van der Waals surface area contributed by atoms with Gasteiger partial charge in [0.25, 0.3) is 0 Å². The van der Waals surface area contributed by atoms with Crippen LogP contribution in [0.25, 0.3) is 0 Å². The summed E-state index contributed by atoms with van der Waals surface area (Å²) in [5.74, 6) is -2.12. The van der Waals surface area contributed by atoms with Gasteiger partial charge in [-0.1, -0.05) is 6.92 Å². The number of benzene rings is 1. The molecular weight excluding hydrogens is 356 g/mol. The second-order valence-corrected chi connectivity index (χ2v) is 5.97. The molecular formula is C15H16BrF2N3O. The van der Waals surface area contributed by atoms with Crippen molar-refractivity contribution in [2.75, 3.05) is 5.32 Å². The average Bonchev–Trinajstić information content (AvgIpc) is 2.70. The van der Waals surface area contributed by atoms with Gasteiger partial charge < -0.3 is 5.32 Å². The van der Waals surface area contributed by atoms with Crippen LogP contribution in [0.2, 0.25) is 0 Å². The Hall–Kier alpha value is -1.76. The zero-order chi connectivity index (χ0) is 16.4. The summed E-state index contributed by atoms with van der Waals surface area (Å²) in [6.07, 6.45) is 0. The maximum absolute atomic E-state index is 13.5. The molecule has 1 atom stereocenters. The van der Waals surface area contributed by atoms with Crippen molar-refractivity contribution in [1.82, 2.24) is 9.78 Å². The maximum Gasteiger partial charge on any atom is 0.229 e. The number of rotatable bonds is 4. The third-order valence-corrected chi connectivity index (χ3v) is 4.52. The van der Waals surface area contributed by atoms with E-state index in [1.54, 1.807) is 11.6 Å². The highest BCUT2D eigenvalue weighted by Crippen LogP contribution is 2.21. The van der Waals surface area contributed by atoms with Crippen LogP contribution in [0.4, 0.5) is 14.5 Å². The smallest absolute Gasteiger partial charge is 0.229 e. The number of nitrogens with zero attached hydrogens (tertiary/aromatic N) is 2. The van der Waals surface area contributed by atoms with Crippen LogP contribution in [0, 0.1) is 31.4 Å². The first kappa shape index (κ1) is 16.6. The molecule has 1 amide bonds. The first-order valence-corrected chi connectivity index (χ1v) is 7.54. The minimum atomic E-state index is -0.671. The fourth-order valence-electron chi connectivity index (χ4n) is 2.04. The van der Waals surface area contributed by atoms with Crippen LogP contribution in [0.5, 0.6) is 0 Å². The Labute approximate surface area is 135 Å². The van der Waals surface area contributed by atoms with Crippen molar-refractivity contribution in [2.45, 2.75) is 27.3 Å². The van der Waals surface area contributed by atoms with Crippen molar-refractivity contribution in [3.05, 3.63) is 45.7 Å². The van der Waals surface area contributed by atoms with Crippen molar-refractivity contribution in [3.63, 3.8) is 0 Å². The largest absolute Gasteiger partial charge is 0.323 e. The van der Waals surface area contributed by atoms with Gasteiger partial charge in [0.05, 0.1) is 28.3 Å². The minimum absolute atomic E-state index is 0.161. The molecule has 1 heterocycles. The second-order valence-electron chi connectivity index (χ2n) is 5.18. The van der Waals surface area contributed by atoms with Crippen LogP contribution < -0.4 is 5.32 Å². The molecule has 7 heteroatoms. The van der Waals surface area contributed by atoms with Gasteiger partial charge >= 0.3 is 0 Å². The molecule has 0 saturated carbocycles. The molecule has 22 heavy (non-hydrogen) atoms. The molecule has 0 spiro atoms. The molecule has 118 valence electrons. The lowest BCUT2D eigenvalue weighted by molar-refractivity contribution is -0.119. The van der Waals surface area contributed by atoms with Gasteiger partial charge in [0.1, 0.15) is 11.6 Å². The number of nitrogens with one attached hydrogen (secondary N) is 1. The van der Waals surface area contributed by atoms with Crippen LogP contribution in [0.15, 0.2) is 22.7 Å². The Bertz CT molecular complexity index is 715. The number of hydrogen-bond acceptors (Lipinski definition) is 2. The number of amides is 1. The highest BCUT2D eigenvalue weighted by molar-refractivity contribution is 9.10. The van der Waals surface area contributed by atoms with Crippen LogP contribution in [-0.4, -0.2) is 15.7 Å². The minimum Gasteiger partial charge on any atom is -0.323 e. The number of halogens is 3. The Morgan fingerprint density at radius 1 is 1.41 bits per heavy atom. The SMILES string of the molecule is Cc1nn(C[C@@H](C)C(=O)Nc2cc(F)ccc2F)c(C)c1Br. The quantitative estimate of drug-likeness (QED) is 0.887. The maximum atomic E-state index is 13.5. The van der Waals surface area contributed by atoms with Crippen molar-refractivity contribution < 1.29 is 13.6 Å². The fourth-order valence-corrected chi connectivity index (χ4v) is 2.33. The van der Waals surface area contributed by atoms with Crippen LogP contribution in [-0.2, 0) is 11.3 Å². The number of aryl methyl sites for hydroxylation is 1. The molecule has 0 fully saturated rings. The first-order valence-electron chi connectivity index (χ1n) is 6.75. The van der Waals surface area contributed by atoms with Gasteiger partial charge in [-0.25, -0.2) is 8.78 Å². The van der Waals surface area contributed by atoms with E-state index in [1.807, 2.05) is 13.8 Å². The highest BCUT2D eigenvalue weighted by atomic mass is 79.9. The summed E-state index contributed by atoms with van der Waals surface area (Å²) in [5.41, 5.74) is 1.58.